The van der Waals surface area contributed by atoms with E-state index in [0.717, 1.165) is 39.2 Å². The van der Waals surface area contributed by atoms with Crippen LogP contribution >= 0.6 is 11.3 Å². The van der Waals surface area contributed by atoms with Crippen molar-refractivity contribution in [2.75, 3.05) is 0 Å². The van der Waals surface area contributed by atoms with Crippen LogP contribution in [0.4, 0.5) is 0 Å². The van der Waals surface area contributed by atoms with Gasteiger partial charge in [0.05, 0.1) is 17.1 Å². The highest BCUT2D eigenvalue weighted by molar-refractivity contribution is 7.20. The third kappa shape index (κ3) is 3.68. The minimum Gasteiger partial charge on any atom is -0.331 e. The molecule has 6 heteroatoms. The molecule has 1 saturated carbocycles. The van der Waals surface area contributed by atoms with Gasteiger partial charge >= 0.3 is 0 Å². The van der Waals surface area contributed by atoms with Gasteiger partial charge in [0.15, 0.2) is 0 Å². The number of carbonyl (C=O) groups excluding carboxylic acids is 1. The molecule has 3 heterocycles. The second-order valence-corrected chi connectivity index (χ2v) is 8.61. The average molecular weight is 403 g/mol. The Hall–Kier alpha value is -2.99. The zero-order valence-electron chi connectivity index (χ0n) is 16.3. The second kappa shape index (κ2) is 7.44. The number of fused-ring (bicyclic) bond motifs is 1. The molecule has 0 N–H and O–H groups in total. The van der Waals surface area contributed by atoms with Gasteiger partial charge in [-0.15, -0.1) is 11.3 Å². The van der Waals surface area contributed by atoms with Crippen LogP contribution in [0.3, 0.4) is 0 Å². The summed E-state index contributed by atoms with van der Waals surface area (Å²) in [5.41, 5.74) is 3.29. The van der Waals surface area contributed by atoms with Crippen molar-refractivity contribution in [3.8, 4) is 0 Å². The SMILES string of the molecule is Cc1nn(Cc2ccccc2)c2sc(C(=O)N(Cc3ccncc3)C3CC3)cc12. The van der Waals surface area contributed by atoms with Gasteiger partial charge in [0.2, 0.25) is 0 Å². The number of rotatable bonds is 6. The average Bonchev–Trinajstić information content (AvgIpc) is 3.42. The summed E-state index contributed by atoms with van der Waals surface area (Å²) in [5.74, 6) is 0.121. The topological polar surface area (TPSA) is 51.0 Å². The van der Waals surface area contributed by atoms with Crippen molar-refractivity contribution < 1.29 is 4.79 Å². The van der Waals surface area contributed by atoms with Crippen LogP contribution in [-0.4, -0.2) is 31.6 Å². The van der Waals surface area contributed by atoms with Crippen molar-refractivity contribution >= 4 is 27.5 Å². The Kier molecular flexibility index (Phi) is 4.64. The largest absolute Gasteiger partial charge is 0.331 e. The molecule has 1 aromatic carbocycles. The van der Waals surface area contributed by atoms with Crippen molar-refractivity contribution in [1.82, 2.24) is 19.7 Å². The van der Waals surface area contributed by atoms with E-state index in [-0.39, 0.29) is 5.91 Å². The van der Waals surface area contributed by atoms with Gasteiger partial charge in [0, 0.05) is 30.4 Å². The van der Waals surface area contributed by atoms with Crippen LogP contribution in [0.5, 0.6) is 0 Å². The summed E-state index contributed by atoms with van der Waals surface area (Å²) in [4.78, 5) is 21.3. The molecule has 5 rings (SSSR count). The first-order chi connectivity index (χ1) is 14.2. The quantitative estimate of drug-likeness (QED) is 0.472. The Labute approximate surface area is 173 Å². The van der Waals surface area contributed by atoms with Crippen LogP contribution in [0.1, 0.15) is 39.3 Å². The fraction of sp³-hybridized carbons (Fsp3) is 0.261. The first-order valence-electron chi connectivity index (χ1n) is 9.90. The van der Waals surface area contributed by atoms with E-state index >= 15 is 0 Å². The number of amides is 1. The number of hydrogen-bond donors (Lipinski definition) is 0. The van der Waals surface area contributed by atoms with Crippen LogP contribution in [0.15, 0.2) is 60.9 Å². The standard InChI is InChI=1S/C23H22N4OS/c1-16-20-13-21(29-23(20)27(25-16)15-17-5-3-2-4-6-17)22(28)26(19-7-8-19)14-18-9-11-24-12-10-18/h2-6,9-13,19H,7-8,14-15H2,1H3. The molecule has 0 aliphatic heterocycles. The Balaban J connectivity index is 1.45. The molecule has 0 radical (unpaired) electrons. The van der Waals surface area contributed by atoms with Crippen molar-refractivity contribution in [1.29, 1.82) is 0 Å². The Bertz CT molecular complexity index is 1150. The van der Waals surface area contributed by atoms with Gasteiger partial charge in [-0.25, -0.2) is 0 Å². The van der Waals surface area contributed by atoms with E-state index < -0.39 is 0 Å². The fourth-order valence-corrected chi connectivity index (χ4v) is 4.78. The maximum atomic E-state index is 13.4. The van der Waals surface area contributed by atoms with Gasteiger partial charge in [0.25, 0.3) is 5.91 Å². The lowest BCUT2D eigenvalue weighted by atomic mass is 10.2. The van der Waals surface area contributed by atoms with Crippen molar-refractivity contribution in [3.05, 3.63) is 82.6 Å². The molecule has 1 aliphatic rings. The molecule has 0 atom stereocenters. The van der Waals surface area contributed by atoms with Gasteiger partial charge in [-0.2, -0.15) is 5.10 Å². The molecule has 5 nitrogen and oxygen atoms in total. The van der Waals surface area contributed by atoms with Crippen LogP contribution in [0.25, 0.3) is 10.2 Å². The zero-order chi connectivity index (χ0) is 19.8. The normalized spacial score (nSPS) is 13.7. The van der Waals surface area contributed by atoms with Crippen molar-refractivity contribution in [2.45, 2.75) is 38.9 Å². The molecule has 3 aromatic heterocycles. The first-order valence-corrected chi connectivity index (χ1v) is 10.7. The number of pyridine rings is 1. The molecule has 4 aromatic rings. The molecule has 0 saturated heterocycles. The van der Waals surface area contributed by atoms with Crippen LogP contribution in [0.2, 0.25) is 0 Å². The zero-order valence-corrected chi connectivity index (χ0v) is 17.1. The molecule has 29 heavy (non-hydrogen) atoms. The van der Waals surface area contributed by atoms with Gasteiger partial charge in [-0.3, -0.25) is 14.5 Å². The van der Waals surface area contributed by atoms with Crippen molar-refractivity contribution in [2.24, 2.45) is 0 Å². The third-order valence-corrected chi connectivity index (χ3v) is 6.48. The summed E-state index contributed by atoms with van der Waals surface area (Å²) in [6.07, 6.45) is 5.74. The maximum Gasteiger partial charge on any atom is 0.264 e. The van der Waals surface area contributed by atoms with Crippen LogP contribution in [-0.2, 0) is 13.1 Å². The van der Waals surface area contributed by atoms with Gasteiger partial charge in [0.1, 0.15) is 4.83 Å². The minimum absolute atomic E-state index is 0.121. The van der Waals surface area contributed by atoms with E-state index in [9.17, 15) is 4.79 Å². The molecule has 0 unspecified atom stereocenters. The van der Waals surface area contributed by atoms with Gasteiger partial charge in [-0.05, 0) is 49.1 Å². The lowest BCUT2D eigenvalue weighted by Crippen LogP contribution is -2.32. The number of aromatic nitrogens is 3. The first kappa shape index (κ1) is 18.1. The summed E-state index contributed by atoms with van der Waals surface area (Å²) < 4.78 is 2.02. The Morgan fingerprint density at radius 1 is 1.14 bits per heavy atom. The highest BCUT2D eigenvalue weighted by Crippen LogP contribution is 2.34. The molecular formula is C23H22N4OS. The number of nitrogens with zero attached hydrogens (tertiary/aromatic N) is 4. The smallest absolute Gasteiger partial charge is 0.264 e. The second-order valence-electron chi connectivity index (χ2n) is 7.58. The summed E-state index contributed by atoms with van der Waals surface area (Å²) in [7, 11) is 0. The number of hydrogen-bond acceptors (Lipinski definition) is 4. The maximum absolute atomic E-state index is 13.4. The van der Waals surface area contributed by atoms with Gasteiger partial charge < -0.3 is 4.90 Å². The minimum atomic E-state index is 0.121. The van der Waals surface area contributed by atoms with E-state index in [4.69, 9.17) is 5.10 Å². The number of aryl methyl sites for hydroxylation is 1. The van der Waals surface area contributed by atoms with E-state index in [1.807, 2.05) is 52.9 Å². The summed E-state index contributed by atoms with van der Waals surface area (Å²) in [6.45, 7) is 3.36. The van der Waals surface area contributed by atoms with Crippen molar-refractivity contribution in [3.63, 3.8) is 0 Å². The summed E-state index contributed by atoms with van der Waals surface area (Å²) in [5, 5.41) is 5.78. The number of benzene rings is 1. The third-order valence-electron chi connectivity index (χ3n) is 5.34. The molecule has 1 fully saturated rings. The highest BCUT2D eigenvalue weighted by Gasteiger charge is 2.34. The monoisotopic (exact) mass is 402 g/mol. The number of carbonyl (C=O) groups is 1. The lowest BCUT2D eigenvalue weighted by Gasteiger charge is -2.21. The number of thiophene rings is 1. The molecule has 0 spiro atoms. The van der Waals surface area contributed by atoms with Crippen LogP contribution in [0, 0.1) is 6.92 Å². The van der Waals surface area contributed by atoms with E-state index in [1.165, 1.54) is 5.56 Å². The summed E-state index contributed by atoms with van der Waals surface area (Å²) >= 11 is 1.55. The Morgan fingerprint density at radius 2 is 1.90 bits per heavy atom. The molecule has 0 bridgehead atoms. The van der Waals surface area contributed by atoms with E-state index in [2.05, 4.69) is 17.1 Å². The Morgan fingerprint density at radius 3 is 2.62 bits per heavy atom. The van der Waals surface area contributed by atoms with Gasteiger partial charge in [-0.1, -0.05) is 30.3 Å². The fourth-order valence-electron chi connectivity index (χ4n) is 3.66. The van der Waals surface area contributed by atoms with Crippen LogP contribution < -0.4 is 0 Å². The van der Waals surface area contributed by atoms with E-state index in [1.54, 1.807) is 23.7 Å². The molecule has 146 valence electrons. The highest BCUT2D eigenvalue weighted by atomic mass is 32.1. The predicted molar refractivity (Wildman–Crippen MR) is 115 cm³/mol. The predicted octanol–water partition coefficient (Wildman–Crippen LogP) is 4.65. The van der Waals surface area contributed by atoms with E-state index in [0.29, 0.717) is 19.1 Å². The summed E-state index contributed by atoms with van der Waals surface area (Å²) in [6, 6.07) is 16.6. The molecule has 1 amide bonds. The molecule has 1 aliphatic carbocycles. The lowest BCUT2D eigenvalue weighted by molar-refractivity contribution is 0.0735. The molecular weight excluding hydrogens is 380 g/mol.